The molecule has 1 aromatic carbocycles. The summed E-state index contributed by atoms with van der Waals surface area (Å²) in [6.07, 6.45) is 1.53. The van der Waals surface area contributed by atoms with Crippen LogP contribution in [0, 0.1) is 0 Å². The molecular weight excluding hydrogens is 208 g/mol. The van der Waals surface area contributed by atoms with E-state index in [0.29, 0.717) is 17.7 Å². The lowest BCUT2D eigenvalue weighted by molar-refractivity contribution is -0.113. The molecule has 0 saturated carbocycles. The first-order valence-corrected chi connectivity index (χ1v) is 4.53. The lowest BCUT2D eigenvalue weighted by Gasteiger charge is -2.03. The minimum absolute atomic E-state index is 0.0343. The zero-order chi connectivity index (χ0) is 12.0. The SMILES string of the molecule is CO/C(C=O)=C/C(=O)Nc1ccc(N)cc1. The number of ether oxygens (including phenoxy) is 1. The summed E-state index contributed by atoms with van der Waals surface area (Å²) in [5.74, 6) is -0.471. The lowest BCUT2D eigenvalue weighted by atomic mass is 10.3. The van der Waals surface area contributed by atoms with Crippen LogP contribution in [-0.4, -0.2) is 19.3 Å². The van der Waals surface area contributed by atoms with Crippen molar-refractivity contribution >= 4 is 23.6 Å². The van der Waals surface area contributed by atoms with Gasteiger partial charge in [0, 0.05) is 17.5 Å². The van der Waals surface area contributed by atoms with Gasteiger partial charge in [-0.3, -0.25) is 9.59 Å². The highest BCUT2D eigenvalue weighted by Crippen LogP contribution is 2.10. The van der Waals surface area contributed by atoms with Crippen molar-refractivity contribution in [3.63, 3.8) is 0 Å². The Kier molecular flexibility index (Phi) is 4.08. The molecule has 84 valence electrons. The molecule has 1 rings (SSSR count). The number of nitrogen functional groups attached to an aromatic ring is 1. The Hall–Kier alpha value is -2.30. The first-order valence-electron chi connectivity index (χ1n) is 4.53. The Balaban J connectivity index is 2.68. The van der Waals surface area contributed by atoms with Crippen molar-refractivity contribution in [2.75, 3.05) is 18.2 Å². The Morgan fingerprint density at radius 1 is 1.38 bits per heavy atom. The highest BCUT2D eigenvalue weighted by Gasteiger charge is 2.01. The molecule has 5 nitrogen and oxygen atoms in total. The second kappa shape index (κ2) is 5.55. The third-order valence-corrected chi connectivity index (χ3v) is 1.80. The molecule has 0 fully saturated rings. The van der Waals surface area contributed by atoms with Crippen LogP contribution in [0.15, 0.2) is 36.1 Å². The van der Waals surface area contributed by atoms with Crippen molar-refractivity contribution < 1.29 is 14.3 Å². The fourth-order valence-corrected chi connectivity index (χ4v) is 1.02. The number of allylic oxidation sites excluding steroid dienone is 1. The minimum atomic E-state index is -0.436. The molecule has 0 aliphatic carbocycles. The maximum atomic E-state index is 11.4. The van der Waals surface area contributed by atoms with E-state index in [0.717, 1.165) is 6.08 Å². The Labute approximate surface area is 92.9 Å². The largest absolute Gasteiger partial charge is 0.493 e. The van der Waals surface area contributed by atoms with Crippen molar-refractivity contribution in [3.05, 3.63) is 36.1 Å². The molecule has 0 saturated heterocycles. The van der Waals surface area contributed by atoms with Gasteiger partial charge in [0.05, 0.1) is 7.11 Å². The van der Waals surface area contributed by atoms with Crippen molar-refractivity contribution in [2.45, 2.75) is 0 Å². The zero-order valence-corrected chi connectivity index (χ0v) is 8.77. The van der Waals surface area contributed by atoms with Gasteiger partial charge in [-0.25, -0.2) is 0 Å². The summed E-state index contributed by atoms with van der Waals surface area (Å²) in [6.45, 7) is 0. The number of rotatable bonds is 4. The number of hydrogen-bond acceptors (Lipinski definition) is 4. The highest BCUT2D eigenvalue weighted by atomic mass is 16.5. The number of methoxy groups -OCH3 is 1. The quantitative estimate of drug-likeness (QED) is 0.342. The molecule has 5 heteroatoms. The highest BCUT2D eigenvalue weighted by molar-refractivity contribution is 6.01. The average molecular weight is 220 g/mol. The van der Waals surface area contributed by atoms with E-state index >= 15 is 0 Å². The number of nitrogens with two attached hydrogens (primary N) is 1. The van der Waals surface area contributed by atoms with E-state index in [1.165, 1.54) is 7.11 Å². The van der Waals surface area contributed by atoms with Crippen LogP contribution in [0.3, 0.4) is 0 Å². The predicted octanol–water partition coefficient (Wildman–Crippen LogP) is 0.936. The molecule has 16 heavy (non-hydrogen) atoms. The Morgan fingerprint density at radius 3 is 2.50 bits per heavy atom. The van der Waals surface area contributed by atoms with Crippen molar-refractivity contribution in [3.8, 4) is 0 Å². The van der Waals surface area contributed by atoms with Crippen LogP contribution in [-0.2, 0) is 14.3 Å². The van der Waals surface area contributed by atoms with E-state index in [2.05, 4.69) is 10.1 Å². The van der Waals surface area contributed by atoms with Crippen LogP contribution in [0.25, 0.3) is 0 Å². The summed E-state index contributed by atoms with van der Waals surface area (Å²) in [5, 5.41) is 2.56. The van der Waals surface area contributed by atoms with E-state index in [-0.39, 0.29) is 5.76 Å². The molecule has 1 amide bonds. The smallest absolute Gasteiger partial charge is 0.252 e. The van der Waals surface area contributed by atoms with E-state index in [9.17, 15) is 9.59 Å². The number of carbonyl (C=O) groups is 2. The molecule has 3 N–H and O–H groups in total. The van der Waals surface area contributed by atoms with Crippen molar-refractivity contribution in [1.29, 1.82) is 0 Å². The molecule has 0 radical (unpaired) electrons. The minimum Gasteiger partial charge on any atom is -0.493 e. The Bertz CT molecular complexity index is 410. The predicted molar refractivity (Wildman–Crippen MR) is 60.6 cm³/mol. The van der Waals surface area contributed by atoms with E-state index in [1.54, 1.807) is 24.3 Å². The number of benzene rings is 1. The number of nitrogens with one attached hydrogen (secondary N) is 1. The summed E-state index contributed by atoms with van der Waals surface area (Å²) < 4.78 is 4.64. The topological polar surface area (TPSA) is 81.4 Å². The van der Waals surface area contributed by atoms with Crippen molar-refractivity contribution in [2.24, 2.45) is 0 Å². The normalized spacial score (nSPS) is 10.7. The van der Waals surface area contributed by atoms with Gasteiger partial charge in [-0.2, -0.15) is 0 Å². The second-order valence-corrected chi connectivity index (χ2v) is 2.98. The summed E-state index contributed by atoms with van der Waals surface area (Å²) in [5.41, 5.74) is 6.69. The van der Waals surface area contributed by atoms with Gasteiger partial charge in [-0.15, -0.1) is 0 Å². The van der Waals surface area contributed by atoms with E-state index in [1.807, 2.05) is 0 Å². The fraction of sp³-hybridized carbons (Fsp3) is 0.0909. The van der Waals surface area contributed by atoms with Crippen LogP contribution < -0.4 is 11.1 Å². The van der Waals surface area contributed by atoms with Crippen molar-refractivity contribution in [1.82, 2.24) is 0 Å². The maximum absolute atomic E-state index is 11.4. The summed E-state index contributed by atoms with van der Waals surface area (Å²) in [6, 6.07) is 6.65. The first-order chi connectivity index (χ1) is 7.65. The molecule has 0 heterocycles. The molecule has 0 unspecified atom stereocenters. The molecule has 0 aliphatic heterocycles. The van der Waals surface area contributed by atoms with Gasteiger partial charge in [0.1, 0.15) is 0 Å². The van der Waals surface area contributed by atoms with Crippen LogP contribution in [0.4, 0.5) is 11.4 Å². The second-order valence-electron chi connectivity index (χ2n) is 2.98. The van der Waals surface area contributed by atoms with E-state index < -0.39 is 5.91 Å². The molecule has 0 atom stereocenters. The first kappa shape index (κ1) is 11.8. The average Bonchev–Trinajstić information content (AvgIpc) is 2.29. The number of hydrogen-bond donors (Lipinski definition) is 2. The third kappa shape index (κ3) is 3.45. The lowest BCUT2D eigenvalue weighted by Crippen LogP contribution is -2.09. The molecule has 0 aliphatic rings. The van der Waals surface area contributed by atoms with Crippen LogP contribution >= 0.6 is 0 Å². The standard InChI is InChI=1S/C11H12N2O3/c1-16-10(7-14)6-11(15)13-9-4-2-8(12)3-5-9/h2-7H,12H2,1H3,(H,13,15)/b10-6+. The van der Waals surface area contributed by atoms with Crippen LogP contribution in [0.2, 0.25) is 0 Å². The number of anilines is 2. The molecular formula is C11H12N2O3. The number of carbonyl (C=O) groups excluding carboxylic acids is 2. The Morgan fingerprint density at radius 2 is 2.00 bits per heavy atom. The van der Waals surface area contributed by atoms with Gasteiger partial charge >= 0.3 is 0 Å². The zero-order valence-electron chi connectivity index (χ0n) is 8.77. The maximum Gasteiger partial charge on any atom is 0.252 e. The monoisotopic (exact) mass is 220 g/mol. The number of aldehydes is 1. The summed E-state index contributed by atoms with van der Waals surface area (Å²) >= 11 is 0. The van der Waals surface area contributed by atoms with Gasteiger partial charge < -0.3 is 15.8 Å². The summed E-state index contributed by atoms with van der Waals surface area (Å²) in [4.78, 5) is 21.7. The summed E-state index contributed by atoms with van der Waals surface area (Å²) in [7, 11) is 1.32. The van der Waals surface area contributed by atoms with Crippen LogP contribution in [0.5, 0.6) is 0 Å². The van der Waals surface area contributed by atoms with Gasteiger partial charge in [-0.1, -0.05) is 0 Å². The van der Waals surface area contributed by atoms with Gasteiger partial charge in [-0.05, 0) is 24.3 Å². The molecule has 0 aromatic heterocycles. The molecule has 1 aromatic rings. The van der Waals surface area contributed by atoms with E-state index in [4.69, 9.17) is 5.73 Å². The number of amides is 1. The molecule has 0 bridgehead atoms. The van der Waals surface area contributed by atoms with Crippen LogP contribution in [0.1, 0.15) is 0 Å². The van der Waals surface area contributed by atoms with Gasteiger partial charge in [0.25, 0.3) is 5.91 Å². The van der Waals surface area contributed by atoms with Gasteiger partial charge in [0.15, 0.2) is 12.0 Å². The van der Waals surface area contributed by atoms with Gasteiger partial charge in [0.2, 0.25) is 0 Å². The molecule has 0 spiro atoms. The fourth-order valence-electron chi connectivity index (χ4n) is 1.02. The third-order valence-electron chi connectivity index (χ3n) is 1.80.